The Labute approximate surface area is 224 Å². The number of carbonyl (C=O) groups is 2. The Balaban J connectivity index is 1.33. The van der Waals surface area contributed by atoms with Gasteiger partial charge in [0, 0.05) is 34.2 Å². The first-order valence-electron chi connectivity index (χ1n) is 12.5. The predicted molar refractivity (Wildman–Crippen MR) is 140 cm³/mol. The fraction of sp³-hybridized carbons (Fsp3) is 0.393. The maximum Gasteiger partial charge on any atom is 0.413 e. The van der Waals surface area contributed by atoms with Gasteiger partial charge in [0.15, 0.2) is 0 Å². The molecule has 3 heterocycles. The van der Waals surface area contributed by atoms with Gasteiger partial charge in [-0.15, -0.1) is 0 Å². The summed E-state index contributed by atoms with van der Waals surface area (Å²) in [6.45, 7) is 2.09. The number of rotatable bonds is 7. The maximum atomic E-state index is 15.5. The molecule has 2 saturated heterocycles. The second kappa shape index (κ2) is 10.0. The number of aryl methyl sites for hydroxylation is 1. The van der Waals surface area contributed by atoms with Gasteiger partial charge in [-0.2, -0.15) is 5.10 Å². The summed E-state index contributed by atoms with van der Waals surface area (Å²) >= 11 is 6.21. The van der Waals surface area contributed by atoms with Crippen LogP contribution in [-0.4, -0.2) is 39.2 Å². The first-order chi connectivity index (χ1) is 18.1. The lowest BCUT2D eigenvalue weighted by Crippen LogP contribution is -2.54. The summed E-state index contributed by atoms with van der Waals surface area (Å²) in [5.41, 5.74) is 1.26. The maximum absolute atomic E-state index is 15.5. The van der Waals surface area contributed by atoms with Gasteiger partial charge >= 0.3 is 12.1 Å². The number of carboxylic acid groups (broad SMARTS) is 1. The number of hydrogen-bond acceptors (Lipinski definition) is 5. The number of aromatic nitrogens is 2. The van der Waals surface area contributed by atoms with E-state index < -0.39 is 29.6 Å². The molecule has 38 heavy (non-hydrogen) atoms. The number of fused-ring (bicyclic) bond motifs is 3. The Morgan fingerprint density at radius 3 is 2.58 bits per heavy atom. The molecule has 3 aliphatic rings. The normalized spacial score (nSPS) is 23.2. The molecule has 10 heteroatoms. The topological polar surface area (TPSA) is 103 Å². The number of hydrogen-bond donors (Lipinski definition) is 2. The van der Waals surface area contributed by atoms with Gasteiger partial charge in [-0.25, -0.2) is 9.18 Å². The summed E-state index contributed by atoms with van der Waals surface area (Å²) in [7, 11) is 1.65. The average Bonchev–Trinajstić information content (AvgIpc) is 3.24. The standard InChI is InChI=1S/C28H29ClFN3O5/c1-17(19-5-3-4-6-22(19)29)38-26(36)32-25-21(15-31-33(25)2)20-8-7-18(13-23(20)30)27-9-11-28(12-10-27,37-16-27)14-24(34)35/h3-8,13,15,17H,9-12,14,16H2,1-2H3,(H,32,36)(H,34,35)/t17-,27?,28?/m1/s1. The van der Waals surface area contributed by atoms with Gasteiger partial charge in [-0.05, 0) is 50.3 Å². The molecule has 1 saturated carbocycles. The van der Waals surface area contributed by atoms with E-state index in [1.54, 1.807) is 38.2 Å². The lowest BCUT2D eigenvalue weighted by atomic mass is 9.62. The van der Waals surface area contributed by atoms with Crippen LogP contribution in [0.2, 0.25) is 5.02 Å². The van der Waals surface area contributed by atoms with Crippen LogP contribution in [-0.2, 0) is 26.7 Å². The first kappa shape index (κ1) is 26.2. The van der Waals surface area contributed by atoms with E-state index in [0.29, 0.717) is 47.0 Å². The Bertz CT molecular complexity index is 1370. The number of nitrogens with zero attached hydrogens (tertiary/aromatic N) is 2. The van der Waals surface area contributed by atoms with Crippen molar-refractivity contribution in [2.24, 2.45) is 7.05 Å². The van der Waals surface area contributed by atoms with Crippen molar-refractivity contribution in [1.82, 2.24) is 9.78 Å². The number of nitrogens with one attached hydrogen (secondary N) is 1. The number of benzene rings is 2. The molecule has 2 aromatic carbocycles. The van der Waals surface area contributed by atoms with E-state index in [-0.39, 0.29) is 11.8 Å². The number of aliphatic carboxylic acids is 1. The predicted octanol–water partition coefficient (Wildman–Crippen LogP) is 6.24. The van der Waals surface area contributed by atoms with Crippen LogP contribution in [0.1, 0.15) is 56.3 Å². The lowest BCUT2D eigenvalue weighted by Gasteiger charge is -2.53. The van der Waals surface area contributed by atoms with Crippen molar-refractivity contribution in [2.75, 3.05) is 11.9 Å². The molecule has 0 spiro atoms. The summed E-state index contributed by atoms with van der Waals surface area (Å²) in [6.07, 6.45) is 2.92. The number of ether oxygens (including phenoxy) is 2. The molecule has 1 amide bonds. The first-order valence-corrected chi connectivity index (χ1v) is 12.9. The zero-order valence-electron chi connectivity index (χ0n) is 21.2. The van der Waals surface area contributed by atoms with E-state index in [1.807, 2.05) is 12.1 Å². The molecule has 0 radical (unpaired) electrons. The third-order valence-electron chi connectivity index (χ3n) is 7.90. The number of carbonyl (C=O) groups excluding carboxylic acids is 1. The summed E-state index contributed by atoms with van der Waals surface area (Å²) in [5, 5.41) is 16.6. The smallest absolute Gasteiger partial charge is 0.413 e. The van der Waals surface area contributed by atoms with Crippen LogP contribution >= 0.6 is 11.6 Å². The highest BCUT2D eigenvalue weighted by Gasteiger charge is 2.51. The van der Waals surface area contributed by atoms with Crippen LogP contribution in [0.25, 0.3) is 11.1 Å². The van der Waals surface area contributed by atoms with Crippen LogP contribution in [0.4, 0.5) is 15.0 Å². The van der Waals surface area contributed by atoms with E-state index in [2.05, 4.69) is 10.4 Å². The van der Waals surface area contributed by atoms with E-state index in [1.165, 1.54) is 16.9 Å². The minimum atomic E-state index is -0.863. The molecule has 1 atom stereocenters. The number of carboxylic acids is 1. The van der Waals surface area contributed by atoms with Crippen LogP contribution in [0.15, 0.2) is 48.7 Å². The van der Waals surface area contributed by atoms with Gasteiger partial charge < -0.3 is 14.6 Å². The molecule has 3 fully saturated rings. The molecule has 8 nitrogen and oxygen atoms in total. The van der Waals surface area contributed by atoms with E-state index >= 15 is 4.39 Å². The van der Waals surface area contributed by atoms with Crippen molar-refractivity contribution in [3.8, 4) is 11.1 Å². The highest BCUT2D eigenvalue weighted by molar-refractivity contribution is 6.31. The molecular formula is C28H29ClFN3O5. The largest absolute Gasteiger partial charge is 0.481 e. The summed E-state index contributed by atoms with van der Waals surface area (Å²) in [5.74, 6) is -1.01. The second-order valence-electron chi connectivity index (χ2n) is 10.2. The van der Waals surface area contributed by atoms with Gasteiger partial charge in [0.2, 0.25) is 0 Å². The van der Waals surface area contributed by atoms with Crippen molar-refractivity contribution in [3.05, 3.63) is 70.6 Å². The van der Waals surface area contributed by atoms with E-state index in [0.717, 1.165) is 18.4 Å². The van der Waals surface area contributed by atoms with Crippen molar-refractivity contribution >= 4 is 29.5 Å². The molecule has 0 unspecified atom stereocenters. The highest BCUT2D eigenvalue weighted by Crippen LogP contribution is 2.52. The number of halogens is 2. The zero-order chi connectivity index (χ0) is 27.1. The fourth-order valence-electron chi connectivity index (χ4n) is 5.64. The SMILES string of the molecule is C[C@@H](OC(=O)Nc1c(-c2ccc(C34CCC(CC(=O)O)(CC3)OC4)cc2F)cnn1C)c1ccccc1Cl. The van der Waals surface area contributed by atoms with Crippen LogP contribution in [0, 0.1) is 5.82 Å². The van der Waals surface area contributed by atoms with Gasteiger partial charge in [0.1, 0.15) is 17.7 Å². The summed E-state index contributed by atoms with van der Waals surface area (Å²) < 4.78 is 28.5. The van der Waals surface area contributed by atoms with Crippen molar-refractivity contribution in [3.63, 3.8) is 0 Å². The van der Waals surface area contributed by atoms with Crippen molar-refractivity contribution in [1.29, 1.82) is 0 Å². The molecule has 1 aromatic heterocycles. The molecule has 2 bridgehead atoms. The monoisotopic (exact) mass is 541 g/mol. The Hall–Kier alpha value is -3.43. The van der Waals surface area contributed by atoms with E-state index in [4.69, 9.17) is 21.1 Å². The van der Waals surface area contributed by atoms with Crippen LogP contribution in [0.5, 0.6) is 0 Å². The molecule has 200 valence electrons. The Kier molecular flexibility index (Phi) is 6.92. The van der Waals surface area contributed by atoms with Gasteiger partial charge in [-0.1, -0.05) is 41.9 Å². The Morgan fingerprint density at radius 2 is 1.95 bits per heavy atom. The zero-order valence-corrected chi connectivity index (χ0v) is 21.9. The number of amides is 1. The van der Waals surface area contributed by atoms with Gasteiger partial charge in [-0.3, -0.25) is 14.8 Å². The van der Waals surface area contributed by atoms with E-state index in [9.17, 15) is 14.7 Å². The summed E-state index contributed by atoms with van der Waals surface area (Å²) in [6, 6.07) is 12.2. The molecule has 2 N–H and O–H groups in total. The van der Waals surface area contributed by atoms with Crippen LogP contribution < -0.4 is 5.32 Å². The number of anilines is 1. The van der Waals surface area contributed by atoms with Crippen molar-refractivity contribution < 1.29 is 28.6 Å². The van der Waals surface area contributed by atoms with Gasteiger partial charge in [0.25, 0.3) is 0 Å². The highest BCUT2D eigenvalue weighted by atomic mass is 35.5. The quantitative estimate of drug-likeness (QED) is 0.367. The third kappa shape index (κ3) is 4.88. The van der Waals surface area contributed by atoms with Crippen LogP contribution in [0.3, 0.4) is 0 Å². The minimum absolute atomic E-state index is 0.00718. The third-order valence-corrected chi connectivity index (χ3v) is 8.25. The summed E-state index contributed by atoms with van der Waals surface area (Å²) in [4.78, 5) is 24.0. The van der Waals surface area contributed by atoms with Crippen molar-refractivity contribution in [2.45, 2.75) is 56.1 Å². The second-order valence-corrected chi connectivity index (χ2v) is 10.6. The average molecular weight is 542 g/mol. The fourth-order valence-corrected chi connectivity index (χ4v) is 5.93. The Morgan fingerprint density at radius 1 is 1.21 bits per heavy atom. The minimum Gasteiger partial charge on any atom is -0.481 e. The molecular weight excluding hydrogens is 513 g/mol. The molecule has 1 aliphatic carbocycles. The molecule has 2 aliphatic heterocycles. The molecule has 3 aromatic rings. The lowest BCUT2D eigenvalue weighted by molar-refractivity contribution is -0.174. The molecule has 6 rings (SSSR count). The van der Waals surface area contributed by atoms with Gasteiger partial charge in [0.05, 0.1) is 24.8 Å².